The summed E-state index contributed by atoms with van der Waals surface area (Å²) in [7, 11) is 2.07. The zero-order valence-corrected chi connectivity index (χ0v) is 13.6. The minimum absolute atomic E-state index is 0.0546. The summed E-state index contributed by atoms with van der Waals surface area (Å²) in [5, 5.41) is 15.1. The van der Waals surface area contributed by atoms with Crippen molar-refractivity contribution in [3.05, 3.63) is 0 Å². The van der Waals surface area contributed by atoms with Crippen LogP contribution in [0.4, 0.5) is 0 Å². The topological polar surface area (TPSA) is 91.0 Å². The predicted molar refractivity (Wildman–Crippen MR) is 84.3 cm³/mol. The minimum Gasteiger partial charge on any atom is -0.409 e. The average Bonchev–Trinajstić information content (AvgIpc) is 2.50. The number of hydrogen-bond donors (Lipinski definition) is 3. The fourth-order valence-corrected chi connectivity index (χ4v) is 2.81. The van der Waals surface area contributed by atoms with Crippen LogP contribution in [0.1, 0.15) is 52.4 Å². The van der Waals surface area contributed by atoms with Gasteiger partial charge in [-0.1, -0.05) is 24.4 Å². The summed E-state index contributed by atoms with van der Waals surface area (Å²) in [4.78, 5) is 14.7. The van der Waals surface area contributed by atoms with Crippen LogP contribution in [-0.4, -0.2) is 48.0 Å². The van der Waals surface area contributed by atoms with Crippen LogP contribution >= 0.6 is 0 Å². The molecule has 0 aromatic rings. The van der Waals surface area contributed by atoms with Crippen LogP contribution in [-0.2, 0) is 4.79 Å². The van der Waals surface area contributed by atoms with Gasteiger partial charge in [0.25, 0.3) is 0 Å². The number of amidine groups is 1. The highest BCUT2D eigenvalue weighted by molar-refractivity contribution is 6.06. The van der Waals surface area contributed by atoms with Crippen LogP contribution in [0.5, 0.6) is 0 Å². The van der Waals surface area contributed by atoms with E-state index in [-0.39, 0.29) is 11.7 Å². The maximum Gasteiger partial charge on any atom is 0.233 e. The molecule has 1 aliphatic carbocycles. The van der Waals surface area contributed by atoms with Gasteiger partial charge < -0.3 is 21.2 Å². The number of hydrogen-bond acceptors (Lipinski definition) is 4. The summed E-state index contributed by atoms with van der Waals surface area (Å²) in [6, 6.07) is 0.502. The van der Waals surface area contributed by atoms with Crippen molar-refractivity contribution in [2.45, 2.75) is 58.4 Å². The van der Waals surface area contributed by atoms with Gasteiger partial charge in [0.15, 0.2) is 5.84 Å². The zero-order chi connectivity index (χ0) is 15.9. The molecule has 6 nitrogen and oxygen atoms in total. The van der Waals surface area contributed by atoms with E-state index in [2.05, 4.69) is 36.3 Å². The van der Waals surface area contributed by atoms with Crippen LogP contribution in [0.3, 0.4) is 0 Å². The van der Waals surface area contributed by atoms with Crippen molar-refractivity contribution in [1.29, 1.82) is 0 Å². The van der Waals surface area contributed by atoms with Crippen molar-refractivity contribution in [3.63, 3.8) is 0 Å². The molecule has 122 valence electrons. The average molecular weight is 298 g/mol. The molecule has 0 radical (unpaired) electrons. The van der Waals surface area contributed by atoms with E-state index in [1.807, 2.05) is 0 Å². The number of nitrogens with zero attached hydrogens (tertiary/aromatic N) is 2. The van der Waals surface area contributed by atoms with Gasteiger partial charge in [0.2, 0.25) is 5.91 Å². The summed E-state index contributed by atoms with van der Waals surface area (Å²) in [5.41, 5.74) is 5.00. The molecular formula is C15H30N4O2. The number of nitrogens with one attached hydrogen (secondary N) is 1. The molecule has 1 saturated carbocycles. The molecular weight excluding hydrogens is 268 g/mol. The Morgan fingerprint density at radius 1 is 1.38 bits per heavy atom. The number of carbonyl (C=O) groups is 1. The Bertz CT molecular complexity index is 363. The Morgan fingerprint density at radius 2 is 2.00 bits per heavy atom. The van der Waals surface area contributed by atoms with Gasteiger partial charge in [0.05, 0.1) is 0 Å². The van der Waals surface area contributed by atoms with Crippen molar-refractivity contribution < 1.29 is 10.0 Å². The molecule has 1 aliphatic rings. The van der Waals surface area contributed by atoms with Crippen LogP contribution in [0.25, 0.3) is 0 Å². The smallest absolute Gasteiger partial charge is 0.233 e. The van der Waals surface area contributed by atoms with Crippen molar-refractivity contribution in [2.24, 2.45) is 16.3 Å². The molecule has 0 unspecified atom stereocenters. The Morgan fingerprint density at radius 3 is 2.52 bits per heavy atom. The maximum atomic E-state index is 12.5. The second-order valence-corrected chi connectivity index (χ2v) is 6.31. The number of amides is 1. The number of oxime groups is 1. The summed E-state index contributed by atoms with van der Waals surface area (Å²) in [6.07, 6.45) is 5.22. The van der Waals surface area contributed by atoms with Gasteiger partial charge in [0, 0.05) is 12.6 Å². The normalized spacial score (nSPS) is 19.0. The third kappa shape index (κ3) is 4.59. The summed E-state index contributed by atoms with van der Waals surface area (Å²) in [5.74, 6) is -0.0382. The molecule has 0 bridgehead atoms. The van der Waals surface area contributed by atoms with Crippen LogP contribution in [0.2, 0.25) is 0 Å². The SMILES string of the molecule is CC(C)N(C)CCCNC(=O)C1(C(N)=NO)CCCCC1. The summed E-state index contributed by atoms with van der Waals surface area (Å²) in [6.45, 7) is 5.85. The van der Waals surface area contributed by atoms with Gasteiger partial charge in [-0.25, -0.2) is 0 Å². The van der Waals surface area contributed by atoms with Crippen molar-refractivity contribution >= 4 is 11.7 Å². The van der Waals surface area contributed by atoms with E-state index < -0.39 is 5.41 Å². The van der Waals surface area contributed by atoms with E-state index in [1.165, 1.54) is 0 Å². The number of nitrogens with two attached hydrogens (primary N) is 1. The second kappa shape index (κ2) is 8.22. The quantitative estimate of drug-likeness (QED) is 0.218. The Balaban J connectivity index is 2.51. The molecule has 4 N–H and O–H groups in total. The summed E-state index contributed by atoms with van der Waals surface area (Å²) >= 11 is 0. The van der Waals surface area contributed by atoms with E-state index in [0.717, 1.165) is 32.2 Å². The fourth-order valence-electron chi connectivity index (χ4n) is 2.81. The lowest BCUT2D eigenvalue weighted by molar-refractivity contribution is -0.129. The lowest BCUT2D eigenvalue weighted by Crippen LogP contribution is -2.51. The standard InChI is InChI=1S/C15H30N4O2/c1-12(2)19(3)11-7-10-17-14(20)15(13(16)18-21)8-5-4-6-9-15/h12,21H,4-11H2,1-3H3,(H2,16,18)(H,17,20). The van der Waals surface area contributed by atoms with Crippen LogP contribution in [0, 0.1) is 5.41 Å². The first-order valence-electron chi connectivity index (χ1n) is 7.90. The van der Waals surface area contributed by atoms with Crippen LogP contribution in [0.15, 0.2) is 5.16 Å². The van der Waals surface area contributed by atoms with Gasteiger partial charge in [-0.05, 0) is 46.7 Å². The minimum atomic E-state index is -0.809. The number of carbonyl (C=O) groups excluding carboxylic acids is 1. The van der Waals surface area contributed by atoms with E-state index in [4.69, 9.17) is 10.9 Å². The van der Waals surface area contributed by atoms with E-state index in [0.29, 0.717) is 25.4 Å². The third-order valence-corrected chi connectivity index (χ3v) is 4.59. The molecule has 0 spiro atoms. The van der Waals surface area contributed by atoms with Gasteiger partial charge >= 0.3 is 0 Å². The van der Waals surface area contributed by atoms with Gasteiger partial charge in [-0.2, -0.15) is 0 Å². The molecule has 1 rings (SSSR count). The summed E-state index contributed by atoms with van der Waals surface area (Å²) < 4.78 is 0. The first-order valence-corrected chi connectivity index (χ1v) is 7.90. The Kier molecular flexibility index (Phi) is 6.95. The molecule has 0 aromatic carbocycles. The fraction of sp³-hybridized carbons (Fsp3) is 0.867. The van der Waals surface area contributed by atoms with Crippen molar-refractivity contribution in [1.82, 2.24) is 10.2 Å². The monoisotopic (exact) mass is 298 g/mol. The Hall–Kier alpha value is -1.30. The number of rotatable bonds is 7. The first-order chi connectivity index (χ1) is 9.94. The maximum absolute atomic E-state index is 12.5. The highest BCUT2D eigenvalue weighted by Gasteiger charge is 2.43. The largest absolute Gasteiger partial charge is 0.409 e. The van der Waals surface area contributed by atoms with E-state index >= 15 is 0 Å². The van der Waals surface area contributed by atoms with Crippen molar-refractivity contribution in [2.75, 3.05) is 20.1 Å². The zero-order valence-electron chi connectivity index (χ0n) is 13.6. The lowest BCUT2D eigenvalue weighted by atomic mass is 9.72. The second-order valence-electron chi connectivity index (χ2n) is 6.31. The molecule has 6 heteroatoms. The molecule has 1 fully saturated rings. The van der Waals surface area contributed by atoms with E-state index in [9.17, 15) is 4.79 Å². The molecule has 0 aromatic heterocycles. The molecule has 0 atom stereocenters. The molecule has 0 aliphatic heterocycles. The van der Waals surface area contributed by atoms with Crippen LogP contribution < -0.4 is 11.1 Å². The Labute approximate surface area is 127 Å². The molecule has 1 amide bonds. The van der Waals surface area contributed by atoms with Crippen molar-refractivity contribution in [3.8, 4) is 0 Å². The molecule has 0 saturated heterocycles. The lowest BCUT2D eigenvalue weighted by Gasteiger charge is -2.34. The predicted octanol–water partition coefficient (Wildman–Crippen LogP) is 1.53. The molecule has 21 heavy (non-hydrogen) atoms. The van der Waals surface area contributed by atoms with E-state index in [1.54, 1.807) is 0 Å². The highest BCUT2D eigenvalue weighted by atomic mass is 16.4. The van der Waals surface area contributed by atoms with Gasteiger partial charge in [-0.15, -0.1) is 0 Å². The third-order valence-electron chi connectivity index (χ3n) is 4.59. The van der Waals surface area contributed by atoms with Gasteiger partial charge in [-0.3, -0.25) is 4.79 Å². The van der Waals surface area contributed by atoms with Gasteiger partial charge in [0.1, 0.15) is 5.41 Å². The highest BCUT2D eigenvalue weighted by Crippen LogP contribution is 2.36. The molecule has 0 heterocycles. The first kappa shape index (κ1) is 17.8.